The third-order valence-corrected chi connectivity index (χ3v) is 3.72. The van der Waals surface area contributed by atoms with Gasteiger partial charge >= 0.3 is 0 Å². The zero-order valence-corrected chi connectivity index (χ0v) is 13.2. The summed E-state index contributed by atoms with van der Waals surface area (Å²) in [4.78, 5) is 17.4. The van der Waals surface area contributed by atoms with Crippen molar-refractivity contribution in [3.63, 3.8) is 0 Å². The molecule has 1 amide bonds. The molecule has 110 valence electrons. The fourth-order valence-corrected chi connectivity index (χ4v) is 2.34. The standard InChI is InChI=1S/C14H10Cl3FN2O/c1-20(7-9-10(15)3-2-4-12(9)18)14(21)8-5-13(17)19-6-11(8)16/h2-6H,7H2,1H3. The molecule has 1 aromatic carbocycles. The van der Waals surface area contributed by atoms with Crippen molar-refractivity contribution in [2.75, 3.05) is 7.05 Å². The molecule has 0 aliphatic heterocycles. The molecule has 0 unspecified atom stereocenters. The van der Waals surface area contributed by atoms with Crippen LogP contribution in [0.1, 0.15) is 15.9 Å². The van der Waals surface area contributed by atoms with Crippen molar-refractivity contribution in [3.05, 3.63) is 62.6 Å². The molecule has 0 saturated heterocycles. The average molecular weight is 348 g/mol. The van der Waals surface area contributed by atoms with Crippen LogP contribution in [-0.2, 0) is 6.54 Å². The molecule has 0 saturated carbocycles. The molecule has 0 aliphatic rings. The van der Waals surface area contributed by atoms with E-state index in [-0.39, 0.29) is 32.9 Å². The minimum absolute atomic E-state index is 0.0145. The Bertz CT molecular complexity index is 674. The third-order valence-electron chi connectivity index (χ3n) is 2.86. The number of carbonyl (C=O) groups is 1. The van der Waals surface area contributed by atoms with E-state index in [2.05, 4.69) is 4.98 Å². The second kappa shape index (κ2) is 6.60. The zero-order valence-electron chi connectivity index (χ0n) is 10.9. The van der Waals surface area contributed by atoms with Crippen molar-refractivity contribution >= 4 is 40.7 Å². The first kappa shape index (κ1) is 16.0. The van der Waals surface area contributed by atoms with E-state index in [9.17, 15) is 9.18 Å². The highest BCUT2D eigenvalue weighted by atomic mass is 35.5. The summed E-state index contributed by atoms with van der Waals surface area (Å²) in [5.41, 5.74) is 0.443. The minimum Gasteiger partial charge on any atom is -0.337 e. The van der Waals surface area contributed by atoms with E-state index in [0.29, 0.717) is 0 Å². The number of halogens is 4. The monoisotopic (exact) mass is 346 g/mol. The lowest BCUT2D eigenvalue weighted by Crippen LogP contribution is -2.27. The lowest BCUT2D eigenvalue weighted by Gasteiger charge is -2.19. The van der Waals surface area contributed by atoms with Gasteiger partial charge in [0.1, 0.15) is 11.0 Å². The summed E-state index contributed by atoms with van der Waals surface area (Å²) in [6.45, 7) is 0.0145. The molecule has 21 heavy (non-hydrogen) atoms. The molecule has 2 rings (SSSR count). The summed E-state index contributed by atoms with van der Waals surface area (Å²) in [6, 6.07) is 5.72. The molecular formula is C14H10Cl3FN2O. The topological polar surface area (TPSA) is 33.2 Å². The fourth-order valence-electron chi connectivity index (χ4n) is 1.78. The fraction of sp³-hybridized carbons (Fsp3) is 0.143. The normalized spacial score (nSPS) is 10.5. The van der Waals surface area contributed by atoms with Crippen LogP contribution in [0.2, 0.25) is 15.2 Å². The summed E-state index contributed by atoms with van der Waals surface area (Å²) < 4.78 is 13.7. The Morgan fingerprint density at radius 1 is 1.29 bits per heavy atom. The maximum absolute atomic E-state index is 13.7. The molecule has 0 spiro atoms. The number of carbonyl (C=O) groups excluding carboxylic acids is 1. The predicted octanol–water partition coefficient (Wildman–Crippen LogP) is 4.45. The van der Waals surface area contributed by atoms with Crippen molar-refractivity contribution in [2.45, 2.75) is 6.54 Å². The lowest BCUT2D eigenvalue weighted by atomic mass is 10.1. The molecule has 0 aliphatic carbocycles. The van der Waals surface area contributed by atoms with Crippen LogP contribution in [-0.4, -0.2) is 22.8 Å². The van der Waals surface area contributed by atoms with E-state index in [4.69, 9.17) is 34.8 Å². The molecule has 0 radical (unpaired) electrons. The number of rotatable bonds is 3. The summed E-state index contributed by atoms with van der Waals surface area (Å²) in [5, 5.41) is 0.587. The molecule has 0 bridgehead atoms. The number of amides is 1. The largest absolute Gasteiger partial charge is 0.337 e. The first-order valence-corrected chi connectivity index (χ1v) is 7.03. The van der Waals surface area contributed by atoms with E-state index in [1.165, 1.54) is 36.3 Å². The van der Waals surface area contributed by atoms with Crippen molar-refractivity contribution < 1.29 is 9.18 Å². The first-order valence-electron chi connectivity index (χ1n) is 5.89. The van der Waals surface area contributed by atoms with Gasteiger partial charge in [0, 0.05) is 30.4 Å². The van der Waals surface area contributed by atoms with Crippen molar-refractivity contribution in [3.8, 4) is 0 Å². The van der Waals surface area contributed by atoms with Crippen LogP contribution in [0.4, 0.5) is 4.39 Å². The summed E-state index contributed by atoms with van der Waals surface area (Å²) in [5.74, 6) is -0.871. The quantitative estimate of drug-likeness (QED) is 0.768. The van der Waals surface area contributed by atoms with Gasteiger partial charge < -0.3 is 4.90 Å². The number of hydrogen-bond acceptors (Lipinski definition) is 2. The number of pyridine rings is 1. The summed E-state index contributed by atoms with van der Waals surface area (Å²) in [7, 11) is 1.52. The average Bonchev–Trinajstić information content (AvgIpc) is 2.44. The van der Waals surface area contributed by atoms with E-state index in [1.807, 2.05) is 0 Å². The third kappa shape index (κ3) is 3.64. The van der Waals surface area contributed by atoms with Crippen LogP contribution < -0.4 is 0 Å². The molecular weight excluding hydrogens is 338 g/mol. The number of nitrogens with zero attached hydrogens (tertiary/aromatic N) is 2. The highest BCUT2D eigenvalue weighted by molar-refractivity contribution is 6.35. The number of aromatic nitrogens is 1. The van der Waals surface area contributed by atoms with Crippen molar-refractivity contribution in [2.24, 2.45) is 0 Å². The molecule has 0 fully saturated rings. The van der Waals surface area contributed by atoms with Gasteiger partial charge in [-0.3, -0.25) is 4.79 Å². The second-order valence-electron chi connectivity index (χ2n) is 4.35. The molecule has 0 atom stereocenters. The van der Waals surface area contributed by atoms with Crippen LogP contribution >= 0.6 is 34.8 Å². The Kier molecular flexibility index (Phi) is 5.04. The SMILES string of the molecule is CN(Cc1c(F)cccc1Cl)C(=O)c1cc(Cl)ncc1Cl. The summed E-state index contributed by atoms with van der Waals surface area (Å²) in [6.07, 6.45) is 1.29. The smallest absolute Gasteiger partial charge is 0.255 e. The van der Waals surface area contributed by atoms with Crippen LogP contribution in [0.25, 0.3) is 0 Å². The zero-order chi connectivity index (χ0) is 15.6. The van der Waals surface area contributed by atoms with Gasteiger partial charge in [0.2, 0.25) is 0 Å². The van der Waals surface area contributed by atoms with Crippen molar-refractivity contribution in [1.82, 2.24) is 9.88 Å². The van der Waals surface area contributed by atoms with E-state index < -0.39 is 11.7 Å². The van der Waals surface area contributed by atoms with E-state index in [1.54, 1.807) is 6.07 Å². The van der Waals surface area contributed by atoms with Crippen molar-refractivity contribution in [1.29, 1.82) is 0 Å². The van der Waals surface area contributed by atoms with Crippen LogP contribution in [0.5, 0.6) is 0 Å². The van der Waals surface area contributed by atoms with Gasteiger partial charge in [-0.2, -0.15) is 0 Å². The molecule has 0 N–H and O–H groups in total. The molecule has 7 heteroatoms. The van der Waals surface area contributed by atoms with Gasteiger partial charge in [-0.05, 0) is 18.2 Å². The van der Waals surface area contributed by atoms with Gasteiger partial charge in [-0.15, -0.1) is 0 Å². The molecule has 2 aromatic rings. The van der Waals surface area contributed by atoms with Gasteiger partial charge in [0.05, 0.1) is 10.6 Å². The predicted molar refractivity (Wildman–Crippen MR) is 81.5 cm³/mol. The van der Waals surface area contributed by atoms with Gasteiger partial charge in [-0.1, -0.05) is 40.9 Å². The lowest BCUT2D eigenvalue weighted by molar-refractivity contribution is 0.0784. The van der Waals surface area contributed by atoms with Crippen LogP contribution in [0.3, 0.4) is 0 Å². The van der Waals surface area contributed by atoms with Gasteiger partial charge in [0.15, 0.2) is 0 Å². The molecule has 3 nitrogen and oxygen atoms in total. The Labute approximate surface area is 136 Å². The highest BCUT2D eigenvalue weighted by Crippen LogP contribution is 2.23. The van der Waals surface area contributed by atoms with Gasteiger partial charge in [0.25, 0.3) is 5.91 Å². The Hall–Kier alpha value is -1.36. The number of benzene rings is 1. The minimum atomic E-state index is -0.471. The molecule has 1 aromatic heterocycles. The van der Waals surface area contributed by atoms with E-state index >= 15 is 0 Å². The van der Waals surface area contributed by atoms with Crippen LogP contribution in [0, 0.1) is 5.82 Å². The second-order valence-corrected chi connectivity index (χ2v) is 5.55. The van der Waals surface area contributed by atoms with Crippen LogP contribution in [0.15, 0.2) is 30.5 Å². The highest BCUT2D eigenvalue weighted by Gasteiger charge is 2.18. The Morgan fingerprint density at radius 3 is 2.67 bits per heavy atom. The maximum atomic E-state index is 13.7. The van der Waals surface area contributed by atoms with Gasteiger partial charge in [-0.25, -0.2) is 9.37 Å². The Balaban J connectivity index is 2.26. The first-order chi connectivity index (χ1) is 9.90. The van der Waals surface area contributed by atoms with E-state index in [0.717, 1.165) is 0 Å². The number of hydrogen-bond donors (Lipinski definition) is 0. The molecule has 1 heterocycles. The summed E-state index contributed by atoms with van der Waals surface area (Å²) >= 11 is 17.6. The Morgan fingerprint density at radius 2 is 2.00 bits per heavy atom. The maximum Gasteiger partial charge on any atom is 0.255 e.